The zero-order chi connectivity index (χ0) is 25.8. The van der Waals surface area contributed by atoms with Crippen LogP contribution in [0.2, 0.25) is 0 Å². The molecule has 0 aromatic heterocycles. The van der Waals surface area contributed by atoms with Gasteiger partial charge in [-0.25, -0.2) is 0 Å². The van der Waals surface area contributed by atoms with Gasteiger partial charge in [-0.15, -0.1) is 0 Å². The summed E-state index contributed by atoms with van der Waals surface area (Å²) in [6.45, 7) is 16.3. The Morgan fingerprint density at radius 1 is 0.943 bits per heavy atom. The van der Waals surface area contributed by atoms with E-state index >= 15 is 0 Å². The summed E-state index contributed by atoms with van der Waals surface area (Å²) >= 11 is 0. The van der Waals surface area contributed by atoms with E-state index in [1.54, 1.807) is 0 Å². The minimum Gasteiger partial charge on any atom is -0.469 e. The van der Waals surface area contributed by atoms with Crippen molar-refractivity contribution in [1.82, 2.24) is 0 Å². The van der Waals surface area contributed by atoms with E-state index in [-0.39, 0.29) is 45.6 Å². The van der Waals surface area contributed by atoms with Crippen LogP contribution in [-0.2, 0) is 9.53 Å². The van der Waals surface area contributed by atoms with E-state index in [0.717, 1.165) is 57.8 Å². The zero-order valence-electron chi connectivity index (χ0n) is 23.5. The number of ether oxygens (including phenoxy) is 1. The first kappa shape index (κ1) is 25.8. The maximum Gasteiger partial charge on any atom is 0.312 e. The molecule has 4 nitrogen and oxygen atoms in total. The molecule has 4 fully saturated rings. The van der Waals surface area contributed by atoms with Crippen molar-refractivity contribution in [2.75, 3.05) is 7.11 Å². The van der Waals surface area contributed by atoms with Gasteiger partial charge in [0.05, 0.1) is 24.2 Å². The quantitative estimate of drug-likeness (QED) is 0.337. The third-order valence-electron chi connectivity index (χ3n) is 13.6. The van der Waals surface area contributed by atoms with E-state index in [1.165, 1.54) is 12.7 Å². The fourth-order valence-electron chi connectivity index (χ4n) is 11.0. The highest BCUT2D eigenvalue weighted by Gasteiger charge is 2.71. The SMILES string of the molecule is COC(=O)[C@]12CC[C@@H](C)[C@@](C)(O)[C@H]1C1=CC[C@@H]3[C@@]4(C)CC[C@H](O)C(C)(C)[C@@H]4CC[C@@]3(C)[C@]1(C)CC2. The number of carbonyl (C=O) groups is 1. The molecule has 198 valence electrons. The third-order valence-corrected chi connectivity index (χ3v) is 13.6. The summed E-state index contributed by atoms with van der Waals surface area (Å²) in [4.78, 5) is 13.4. The average molecular weight is 487 g/mol. The van der Waals surface area contributed by atoms with Crippen LogP contribution in [0.4, 0.5) is 0 Å². The van der Waals surface area contributed by atoms with Crippen LogP contribution in [0.3, 0.4) is 0 Å². The van der Waals surface area contributed by atoms with Crippen molar-refractivity contribution < 1.29 is 19.7 Å². The number of hydrogen-bond donors (Lipinski definition) is 2. The number of carbonyl (C=O) groups excluding carboxylic acids is 1. The number of methoxy groups -OCH3 is 1. The van der Waals surface area contributed by atoms with Crippen LogP contribution < -0.4 is 0 Å². The third kappa shape index (κ3) is 2.96. The first-order valence-corrected chi connectivity index (χ1v) is 14.3. The van der Waals surface area contributed by atoms with Crippen LogP contribution in [0.15, 0.2) is 11.6 Å². The first-order chi connectivity index (χ1) is 16.1. The number of esters is 1. The molecule has 0 radical (unpaired) electrons. The fraction of sp³-hybridized carbons (Fsp3) is 0.903. The van der Waals surface area contributed by atoms with Gasteiger partial charge in [0.2, 0.25) is 0 Å². The van der Waals surface area contributed by atoms with E-state index in [9.17, 15) is 15.0 Å². The molecule has 0 aliphatic heterocycles. The fourth-order valence-corrected chi connectivity index (χ4v) is 11.0. The number of fused-ring (bicyclic) bond motifs is 7. The molecule has 0 saturated heterocycles. The molecule has 0 spiro atoms. The maximum atomic E-state index is 13.4. The molecule has 35 heavy (non-hydrogen) atoms. The molecule has 4 heteroatoms. The van der Waals surface area contributed by atoms with Gasteiger partial charge in [-0.3, -0.25) is 4.79 Å². The van der Waals surface area contributed by atoms with Crippen LogP contribution in [-0.4, -0.2) is 35.0 Å². The van der Waals surface area contributed by atoms with E-state index < -0.39 is 11.0 Å². The standard InChI is InChI=1S/C31H50O4/c1-19-11-16-31(25(33)35-8)18-17-28(5)20(24(31)30(19,7)34)9-10-22-27(4)14-13-23(32)26(2,3)21(27)12-15-29(22,28)6/h9,19,21-24,32,34H,10-18H2,1-8H3/t19-,21+,22-,23+,24-,27+,28-,29-,30-,31+/m1/s1. The van der Waals surface area contributed by atoms with E-state index in [0.29, 0.717) is 11.8 Å². The highest BCUT2D eigenvalue weighted by molar-refractivity contribution is 5.79. The molecule has 4 saturated carbocycles. The summed E-state index contributed by atoms with van der Waals surface area (Å²) in [6, 6.07) is 0. The summed E-state index contributed by atoms with van der Waals surface area (Å²) in [6.07, 6.45) is 11.0. The molecule has 0 heterocycles. The molecule has 0 unspecified atom stereocenters. The Labute approximate surface area is 213 Å². The predicted octanol–water partition coefficient (Wildman–Crippen LogP) is 6.29. The van der Waals surface area contributed by atoms with Crippen molar-refractivity contribution in [2.45, 2.75) is 118 Å². The largest absolute Gasteiger partial charge is 0.469 e. The number of allylic oxidation sites excluding steroid dienone is 1. The molecular formula is C31H50O4. The van der Waals surface area contributed by atoms with Crippen LogP contribution >= 0.6 is 0 Å². The Balaban J connectivity index is 1.64. The minimum absolute atomic E-state index is 0.0483. The highest BCUT2D eigenvalue weighted by atomic mass is 16.5. The second-order valence-corrected chi connectivity index (χ2v) is 14.9. The summed E-state index contributed by atoms with van der Waals surface area (Å²) in [5.41, 5.74) is 0.00144. The summed E-state index contributed by atoms with van der Waals surface area (Å²) < 4.78 is 5.44. The smallest absolute Gasteiger partial charge is 0.312 e. The normalized spacial score (nSPS) is 54.9. The topological polar surface area (TPSA) is 66.8 Å². The Hall–Kier alpha value is -0.870. The Morgan fingerprint density at radius 2 is 1.63 bits per heavy atom. The van der Waals surface area contributed by atoms with Crippen LogP contribution in [0, 0.1) is 50.7 Å². The molecule has 10 atom stereocenters. The maximum absolute atomic E-state index is 13.4. The van der Waals surface area contributed by atoms with Crippen LogP contribution in [0.25, 0.3) is 0 Å². The van der Waals surface area contributed by atoms with Crippen molar-refractivity contribution in [3.8, 4) is 0 Å². The molecule has 0 aromatic carbocycles. The van der Waals surface area contributed by atoms with Gasteiger partial charge < -0.3 is 14.9 Å². The van der Waals surface area contributed by atoms with E-state index in [4.69, 9.17) is 4.74 Å². The zero-order valence-corrected chi connectivity index (χ0v) is 23.5. The second kappa shape index (κ2) is 7.59. The number of aliphatic hydroxyl groups excluding tert-OH is 1. The Kier molecular flexibility index (Phi) is 5.59. The minimum atomic E-state index is -0.929. The molecule has 0 aromatic rings. The van der Waals surface area contributed by atoms with Crippen molar-refractivity contribution in [1.29, 1.82) is 0 Å². The van der Waals surface area contributed by atoms with Crippen molar-refractivity contribution in [3.63, 3.8) is 0 Å². The molecule has 5 rings (SSSR count). The Morgan fingerprint density at radius 3 is 2.29 bits per heavy atom. The molecule has 5 aliphatic carbocycles. The van der Waals surface area contributed by atoms with Gasteiger partial charge in [0.1, 0.15) is 0 Å². The first-order valence-electron chi connectivity index (χ1n) is 14.3. The lowest BCUT2D eigenvalue weighted by atomic mass is 9.33. The summed E-state index contributed by atoms with van der Waals surface area (Å²) in [7, 11) is 1.52. The molecule has 0 bridgehead atoms. The van der Waals surface area contributed by atoms with E-state index in [2.05, 4.69) is 47.6 Å². The molecular weight excluding hydrogens is 436 g/mol. The van der Waals surface area contributed by atoms with Gasteiger partial charge >= 0.3 is 5.97 Å². The van der Waals surface area contributed by atoms with Gasteiger partial charge in [0, 0.05) is 5.92 Å². The number of aliphatic hydroxyl groups is 2. The van der Waals surface area contributed by atoms with Crippen LogP contribution in [0.1, 0.15) is 106 Å². The van der Waals surface area contributed by atoms with Crippen molar-refractivity contribution >= 4 is 5.97 Å². The lowest BCUT2D eigenvalue weighted by Gasteiger charge is -2.71. The van der Waals surface area contributed by atoms with Gasteiger partial charge in [-0.05, 0) is 104 Å². The van der Waals surface area contributed by atoms with Gasteiger partial charge in [0.25, 0.3) is 0 Å². The lowest BCUT2D eigenvalue weighted by molar-refractivity contribution is -0.218. The number of rotatable bonds is 1. The van der Waals surface area contributed by atoms with E-state index in [1.807, 2.05) is 6.92 Å². The van der Waals surface area contributed by atoms with Crippen molar-refractivity contribution in [3.05, 3.63) is 11.6 Å². The predicted molar refractivity (Wildman–Crippen MR) is 138 cm³/mol. The van der Waals surface area contributed by atoms with Crippen molar-refractivity contribution in [2.24, 2.45) is 50.7 Å². The highest BCUT2D eigenvalue weighted by Crippen LogP contribution is 2.76. The molecule has 0 amide bonds. The Bertz CT molecular complexity index is 934. The monoisotopic (exact) mass is 486 g/mol. The van der Waals surface area contributed by atoms with Crippen LogP contribution in [0.5, 0.6) is 0 Å². The van der Waals surface area contributed by atoms with Gasteiger partial charge in [-0.2, -0.15) is 0 Å². The lowest BCUT2D eigenvalue weighted by Crippen LogP contribution is -2.67. The van der Waals surface area contributed by atoms with Gasteiger partial charge in [-0.1, -0.05) is 53.2 Å². The second-order valence-electron chi connectivity index (χ2n) is 14.9. The van der Waals surface area contributed by atoms with Gasteiger partial charge in [0.15, 0.2) is 0 Å². The number of hydrogen-bond acceptors (Lipinski definition) is 4. The summed E-state index contributed by atoms with van der Waals surface area (Å²) in [5, 5.41) is 23.0. The molecule has 2 N–H and O–H groups in total. The summed E-state index contributed by atoms with van der Waals surface area (Å²) in [5.74, 6) is 0.909. The average Bonchev–Trinajstić information content (AvgIpc) is 2.79. The molecule has 5 aliphatic rings.